The number of hydrogen-bond acceptors (Lipinski definition) is 3. The molecule has 5 nitrogen and oxygen atoms in total. The van der Waals surface area contributed by atoms with Gasteiger partial charge in [0.1, 0.15) is 6.17 Å². The fourth-order valence-electron chi connectivity index (χ4n) is 3.33. The highest BCUT2D eigenvalue weighted by atomic mass is 16.2. The van der Waals surface area contributed by atoms with Crippen LogP contribution in [0.1, 0.15) is 61.4 Å². The highest BCUT2D eigenvalue weighted by molar-refractivity contribution is 6.02. The molecular formula is C18H22N4O. The average Bonchev–Trinajstić information content (AvgIpc) is 3.20. The van der Waals surface area contributed by atoms with Gasteiger partial charge in [0.05, 0.1) is 11.8 Å². The van der Waals surface area contributed by atoms with E-state index in [0.717, 1.165) is 35.3 Å². The summed E-state index contributed by atoms with van der Waals surface area (Å²) >= 11 is 0. The smallest absolute Gasteiger partial charge is 0.258 e. The molecule has 0 spiro atoms. The molecule has 2 N–H and O–H groups in total. The Morgan fingerprint density at radius 3 is 2.65 bits per heavy atom. The Labute approximate surface area is 136 Å². The zero-order valence-corrected chi connectivity index (χ0v) is 13.8. The first kappa shape index (κ1) is 14.3. The van der Waals surface area contributed by atoms with E-state index in [2.05, 4.69) is 36.3 Å². The number of benzene rings is 1. The van der Waals surface area contributed by atoms with Crippen molar-refractivity contribution in [3.05, 3.63) is 47.3 Å². The highest BCUT2D eigenvalue weighted by Crippen LogP contribution is 2.42. The minimum Gasteiger partial charge on any atom is -0.361 e. The lowest BCUT2D eigenvalue weighted by molar-refractivity contribution is 0.0665. The van der Waals surface area contributed by atoms with E-state index < -0.39 is 0 Å². The number of para-hydroxylation sites is 1. The number of amides is 1. The summed E-state index contributed by atoms with van der Waals surface area (Å²) in [5.74, 6) is 0.118. The van der Waals surface area contributed by atoms with Crippen LogP contribution in [0.4, 0.5) is 5.69 Å². The van der Waals surface area contributed by atoms with Crippen LogP contribution in [0.5, 0.6) is 0 Å². The molecule has 0 bridgehead atoms. The molecule has 4 rings (SSSR count). The molecule has 5 heteroatoms. The summed E-state index contributed by atoms with van der Waals surface area (Å²) in [5, 5.41) is 10.9. The van der Waals surface area contributed by atoms with Crippen LogP contribution < -0.4 is 5.32 Å². The second-order valence-electron chi connectivity index (χ2n) is 7.49. The predicted molar refractivity (Wildman–Crippen MR) is 89.3 cm³/mol. The summed E-state index contributed by atoms with van der Waals surface area (Å²) < 4.78 is 0. The molecule has 0 radical (unpaired) electrons. The molecule has 1 aliphatic heterocycles. The fourth-order valence-corrected chi connectivity index (χ4v) is 3.33. The maximum absolute atomic E-state index is 13.0. The first-order valence-corrected chi connectivity index (χ1v) is 8.19. The number of fused-ring (bicyclic) bond motifs is 1. The minimum absolute atomic E-state index is 0.0528. The third kappa shape index (κ3) is 2.31. The molecule has 1 fully saturated rings. The Hall–Kier alpha value is -2.30. The number of hydrogen-bond donors (Lipinski definition) is 2. The maximum atomic E-state index is 13.0. The van der Waals surface area contributed by atoms with Crippen molar-refractivity contribution in [2.45, 2.75) is 51.2 Å². The molecule has 23 heavy (non-hydrogen) atoms. The summed E-state index contributed by atoms with van der Waals surface area (Å²) in [6.45, 7) is 6.47. The minimum atomic E-state index is -0.155. The third-order valence-corrected chi connectivity index (χ3v) is 4.62. The number of aromatic amines is 1. The largest absolute Gasteiger partial charge is 0.361 e. The zero-order chi connectivity index (χ0) is 16.2. The van der Waals surface area contributed by atoms with Gasteiger partial charge in [-0.25, -0.2) is 0 Å². The molecular weight excluding hydrogens is 288 g/mol. The molecule has 1 unspecified atom stereocenters. The Morgan fingerprint density at radius 1 is 1.22 bits per heavy atom. The van der Waals surface area contributed by atoms with Crippen molar-refractivity contribution >= 4 is 11.6 Å². The third-order valence-electron chi connectivity index (χ3n) is 4.62. The van der Waals surface area contributed by atoms with Crippen molar-refractivity contribution in [1.82, 2.24) is 15.1 Å². The molecule has 2 aliphatic rings. The summed E-state index contributed by atoms with van der Waals surface area (Å²) in [4.78, 5) is 15.0. The predicted octanol–water partition coefficient (Wildman–Crippen LogP) is 3.44. The molecule has 2 aromatic rings. The lowest BCUT2D eigenvalue weighted by atomic mass is 9.88. The van der Waals surface area contributed by atoms with Crippen molar-refractivity contribution < 1.29 is 4.79 Å². The van der Waals surface area contributed by atoms with Crippen LogP contribution in [0, 0.1) is 0 Å². The number of anilines is 1. The van der Waals surface area contributed by atoms with Crippen LogP contribution in [0.3, 0.4) is 0 Å². The molecule has 120 valence electrons. The van der Waals surface area contributed by atoms with E-state index in [1.165, 1.54) is 0 Å². The summed E-state index contributed by atoms with van der Waals surface area (Å²) in [6, 6.07) is 8.08. The van der Waals surface area contributed by atoms with E-state index >= 15 is 0 Å². The Balaban J connectivity index is 1.82. The monoisotopic (exact) mass is 310 g/mol. The number of nitrogens with zero attached hydrogens (tertiary/aromatic N) is 2. The first-order valence-electron chi connectivity index (χ1n) is 8.19. The van der Waals surface area contributed by atoms with Gasteiger partial charge in [-0.2, -0.15) is 5.10 Å². The van der Waals surface area contributed by atoms with Crippen LogP contribution in [-0.2, 0) is 5.41 Å². The first-order chi connectivity index (χ1) is 11.0. The van der Waals surface area contributed by atoms with E-state index in [-0.39, 0.29) is 17.5 Å². The van der Waals surface area contributed by atoms with Gasteiger partial charge < -0.3 is 10.2 Å². The van der Waals surface area contributed by atoms with Crippen LogP contribution in [0.15, 0.2) is 30.5 Å². The van der Waals surface area contributed by atoms with E-state index in [0.29, 0.717) is 6.04 Å². The standard InChI is InChI=1S/C18H22N4O/c1-18(2,3)15-13(10-19-21-15)16-20-14-7-5-4-6-12(14)17(23)22(16)11-8-9-11/h4-7,10-11,16,20H,8-9H2,1-3H3,(H,19,21). The molecule has 1 amide bonds. The molecule has 1 atom stereocenters. The van der Waals surface area contributed by atoms with E-state index in [1.807, 2.05) is 35.4 Å². The maximum Gasteiger partial charge on any atom is 0.258 e. The summed E-state index contributed by atoms with van der Waals surface area (Å²) in [5.41, 5.74) is 3.75. The van der Waals surface area contributed by atoms with Crippen molar-refractivity contribution in [2.75, 3.05) is 5.32 Å². The van der Waals surface area contributed by atoms with E-state index in [9.17, 15) is 4.79 Å². The zero-order valence-electron chi connectivity index (χ0n) is 13.8. The molecule has 1 aliphatic carbocycles. The van der Waals surface area contributed by atoms with Gasteiger partial charge in [0.2, 0.25) is 0 Å². The quantitative estimate of drug-likeness (QED) is 0.893. The molecule has 0 saturated heterocycles. The molecule has 1 saturated carbocycles. The molecule has 1 aromatic carbocycles. The Kier molecular flexibility index (Phi) is 3.01. The number of H-pyrrole nitrogens is 1. The van der Waals surface area contributed by atoms with Gasteiger partial charge in [-0.3, -0.25) is 9.89 Å². The second-order valence-corrected chi connectivity index (χ2v) is 7.49. The number of nitrogens with one attached hydrogen (secondary N) is 2. The summed E-state index contributed by atoms with van der Waals surface area (Å²) in [6.07, 6.45) is 3.86. The van der Waals surface area contributed by atoms with E-state index in [4.69, 9.17) is 0 Å². The van der Waals surface area contributed by atoms with Gasteiger partial charge in [-0.1, -0.05) is 32.9 Å². The van der Waals surface area contributed by atoms with Gasteiger partial charge in [-0.05, 0) is 25.0 Å². The number of aromatic nitrogens is 2. The average molecular weight is 310 g/mol. The van der Waals surface area contributed by atoms with Gasteiger partial charge in [-0.15, -0.1) is 0 Å². The highest BCUT2D eigenvalue weighted by Gasteiger charge is 2.43. The Bertz CT molecular complexity index is 754. The SMILES string of the molecule is CC(C)(C)c1[nH]ncc1C1Nc2ccccc2C(=O)N1C1CC1. The topological polar surface area (TPSA) is 61.0 Å². The van der Waals surface area contributed by atoms with Crippen LogP contribution >= 0.6 is 0 Å². The van der Waals surface area contributed by atoms with Crippen molar-refractivity contribution in [3.8, 4) is 0 Å². The van der Waals surface area contributed by atoms with E-state index in [1.54, 1.807) is 0 Å². The number of carbonyl (C=O) groups is 1. The van der Waals surface area contributed by atoms with Crippen LogP contribution in [0.25, 0.3) is 0 Å². The van der Waals surface area contributed by atoms with Crippen molar-refractivity contribution in [1.29, 1.82) is 0 Å². The van der Waals surface area contributed by atoms with Gasteiger partial charge >= 0.3 is 0 Å². The summed E-state index contributed by atoms with van der Waals surface area (Å²) in [7, 11) is 0. The van der Waals surface area contributed by atoms with Crippen LogP contribution in [-0.4, -0.2) is 27.0 Å². The van der Waals surface area contributed by atoms with Gasteiger partial charge in [0.25, 0.3) is 5.91 Å². The number of carbonyl (C=O) groups excluding carboxylic acids is 1. The van der Waals surface area contributed by atoms with Crippen molar-refractivity contribution in [3.63, 3.8) is 0 Å². The molecule has 1 aromatic heterocycles. The molecule has 2 heterocycles. The lowest BCUT2D eigenvalue weighted by Crippen LogP contribution is -2.44. The fraction of sp³-hybridized carbons (Fsp3) is 0.444. The van der Waals surface area contributed by atoms with Crippen LogP contribution in [0.2, 0.25) is 0 Å². The lowest BCUT2D eigenvalue weighted by Gasteiger charge is -2.39. The van der Waals surface area contributed by atoms with Gasteiger partial charge in [0, 0.05) is 28.4 Å². The normalized spacial score (nSPS) is 21.1. The second kappa shape index (κ2) is 4.85. The Morgan fingerprint density at radius 2 is 1.96 bits per heavy atom. The number of rotatable bonds is 2. The van der Waals surface area contributed by atoms with Gasteiger partial charge in [0.15, 0.2) is 0 Å². The van der Waals surface area contributed by atoms with Crippen molar-refractivity contribution in [2.24, 2.45) is 0 Å².